The number of carboxylic acid groups (broad SMARTS) is 2. The number of hydrogen-bond donors (Lipinski definition) is 2. The van der Waals surface area contributed by atoms with Crippen molar-refractivity contribution in [1.29, 1.82) is 0 Å². The van der Waals surface area contributed by atoms with Crippen molar-refractivity contribution in [3.05, 3.63) is 11.6 Å². The molecule has 2 unspecified atom stereocenters. The summed E-state index contributed by atoms with van der Waals surface area (Å²) >= 11 is 0. The maximum absolute atomic E-state index is 12.9. The van der Waals surface area contributed by atoms with Crippen LogP contribution >= 0.6 is 0 Å². The van der Waals surface area contributed by atoms with Gasteiger partial charge >= 0.3 is 11.9 Å². The number of hydrogen-bond acceptors (Lipinski definition) is 2. The fourth-order valence-corrected chi connectivity index (χ4v) is 7.25. The van der Waals surface area contributed by atoms with Crippen LogP contribution in [-0.4, -0.2) is 22.2 Å². The fourth-order valence-electron chi connectivity index (χ4n) is 7.25. The Morgan fingerprint density at radius 1 is 0.537 bits per heavy atom. The van der Waals surface area contributed by atoms with Crippen molar-refractivity contribution in [1.82, 2.24) is 0 Å². The van der Waals surface area contributed by atoms with Gasteiger partial charge in [0.1, 0.15) is 0 Å². The summed E-state index contributed by atoms with van der Waals surface area (Å²) in [6.07, 6.45) is 33.3. The maximum atomic E-state index is 12.9. The average Bonchev–Trinajstić information content (AvgIpc) is 2.95. The van der Waals surface area contributed by atoms with Crippen LogP contribution in [0.25, 0.3) is 0 Å². The Hall–Kier alpha value is -1.32. The Labute approximate surface area is 254 Å². The highest BCUT2D eigenvalue weighted by molar-refractivity contribution is 5.87. The quantitative estimate of drug-likeness (QED) is 0.0717. The minimum absolute atomic E-state index is 0.358. The zero-order valence-electron chi connectivity index (χ0n) is 27.6. The fraction of sp³-hybridized carbons (Fsp3) is 0.892. The molecule has 0 aromatic heterocycles. The zero-order chi connectivity index (χ0) is 30.2. The smallest absolute Gasteiger partial charge is 0.311 e. The molecule has 2 atom stereocenters. The highest BCUT2D eigenvalue weighted by Gasteiger charge is 2.61. The molecule has 0 aromatic rings. The van der Waals surface area contributed by atoms with Gasteiger partial charge in [0.05, 0.1) is 10.8 Å². The summed E-state index contributed by atoms with van der Waals surface area (Å²) in [6, 6.07) is 0. The molecule has 1 aliphatic rings. The van der Waals surface area contributed by atoms with Gasteiger partial charge in [0.25, 0.3) is 0 Å². The molecule has 1 rings (SSSR count). The number of allylic oxidation sites excluding steroid dienone is 2. The van der Waals surface area contributed by atoms with E-state index in [1.165, 1.54) is 116 Å². The number of carbonyl (C=O) groups is 2. The van der Waals surface area contributed by atoms with Crippen molar-refractivity contribution in [3.8, 4) is 0 Å². The van der Waals surface area contributed by atoms with Crippen LogP contribution in [-0.2, 0) is 9.59 Å². The van der Waals surface area contributed by atoms with Gasteiger partial charge in [-0.15, -0.1) is 0 Å². The predicted octanol–water partition coefficient (Wildman–Crippen LogP) is 12.1. The van der Waals surface area contributed by atoms with Gasteiger partial charge < -0.3 is 10.2 Å². The lowest BCUT2D eigenvalue weighted by Gasteiger charge is -2.48. The SMILES string of the molecule is CCCCCCCCCCCCCCC1(C(=O)O)CC=C(C)CC1(CCCCCCCCCCCCCC)C(=O)O. The van der Waals surface area contributed by atoms with Crippen LogP contribution in [0.3, 0.4) is 0 Å². The molecular formula is C37H68O4. The molecule has 0 spiro atoms. The van der Waals surface area contributed by atoms with Crippen LogP contribution < -0.4 is 0 Å². The van der Waals surface area contributed by atoms with E-state index in [1.54, 1.807) is 0 Å². The van der Waals surface area contributed by atoms with E-state index in [4.69, 9.17) is 0 Å². The van der Waals surface area contributed by atoms with Gasteiger partial charge in [-0.25, -0.2) is 0 Å². The lowest BCUT2D eigenvalue weighted by atomic mass is 9.52. The Morgan fingerprint density at radius 2 is 0.829 bits per heavy atom. The lowest BCUT2D eigenvalue weighted by molar-refractivity contribution is -0.177. The second-order valence-corrected chi connectivity index (χ2v) is 13.5. The summed E-state index contributed by atoms with van der Waals surface area (Å²) in [5.41, 5.74) is -1.33. The molecule has 0 saturated heterocycles. The van der Waals surface area contributed by atoms with Crippen LogP contribution in [0.4, 0.5) is 0 Å². The van der Waals surface area contributed by atoms with Crippen LogP contribution in [0.1, 0.15) is 201 Å². The largest absolute Gasteiger partial charge is 0.481 e. The van der Waals surface area contributed by atoms with Crippen molar-refractivity contribution >= 4 is 11.9 Å². The van der Waals surface area contributed by atoms with Crippen molar-refractivity contribution in [2.75, 3.05) is 0 Å². The minimum atomic E-state index is -1.19. The first-order valence-corrected chi connectivity index (χ1v) is 18.0. The topological polar surface area (TPSA) is 74.6 Å². The van der Waals surface area contributed by atoms with Crippen molar-refractivity contribution < 1.29 is 19.8 Å². The third-order valence-electron chi connectivity index (χ3n) is 10.0. The van der Waals surface area contributed by atoms with Crippen molar-refractivity contribution in [3.63, 3.8) is 0 Å². The van der Waals surface area contributed by atoms with Crippen molar-refractivity contribution in [2.24, 2.45) is 10.8 Å². The summed E-state index contributed by atoms with van der Waals surface area (Å²) < 4.78 is 0. The summed E-state index contributed by atoms with van der Waals surface area (Å²) in [4.78, 5) is 25.8. The number of carboxylic acids is 2. The molecule has 0 bridgehead atoms. The second kappa shape index (κ2) is 23.2. The monoisotopic (exact) mass is 577 g/mol. The molecule has 4 nitrogen and oxygen atoms in total. The summed E-state index contributed by atoms with van der Waals surface area (Å²) in [5.74, 6) is -1.79. The standard InChI is InChI=1S/C37H68O4/c1-4-6-8-10-12-14-16-18-20-22-24-26-29-36(34(38)39)31-28-33(3)32-37(36,35(40)41)30-27-25-23-21-19-17-15-13-11-9-7-5-2/h28H,4-27,29-32H2,1-3H3,(H,38,39)(H,40,41). The highest BCUT2D eigenvalue weighted by atomic mass is 16.4. The van der Waals surface area contributed by atoms with Crippen LogP contribution in [0.15, 0.2) is 11.6 Å². The van der Waals surface area contributed by atoms with E-state index in [-0.39, 0.29) is 0 Å². The van der Waals surface area contributed by atoms with E-state index in [0.717, 1.165) is 44.1 Å². The van der Waals surface area contributed by atoms with E-state index in [2.05, 4.69) is 13.8 Å². The van der Waals surface area contributed by atoms with Crippen LogP contribution in [0.2, 0.25) is 0 Å². The Morgan fingerprint density at radius 3 is 1.15 bits per heavy atom. The van der Waals surface area contributed by atoms with Gasteiger partial charge in [0.2, 0.25) is 0 Å². The maximum Gasteiger partial charge on any atom is 0.311 e. The van der Waals surface area contributed by atoms with E-state index in [1.807, 2.05) is 13.0 Å². The van der Waals surface area contributed by atoms with Gasteiger partial charge in [0.15, 0.2) is 0 Å². The zero-order valence-corrected chi connectivity index (χ0v) is 27.6. The summed E-state index contributed by atoms with van der Waals surface area (Å²) in [7, 11) is 0. The van der Waals surface area contributed by atoms with Crippen molar-refractivity contribution in [2.45, 2.75) is 201 Å². The van der Waals surface area contributed by atoms with Gasteiger partial charge in [0, 0.05) is 0 Å². The molecule has 0 fully saturated rings. The second-order valence-electron chi connectivity index (χ2n) is 13.5. The van der Waals surface area contributed by atoms with Crippen LogP contribution in [0.5, 0.6) is 0 Å². The van der Waals surface area contributed by atoms with Gasteiger partial charge in [-0.1, -0.05) is 180 Å². The first-order chi connectivity index (χ1) is 19.9. The molecule has 1 aliphatic carbocycles. The molecule has 2 N–H and O–H groups in total. The molecule has 0 aromatic carbocycles. The molecule has 41 heavy (non-hydrogen) atoms. The molecule has 240 valence electrons. The number of aliphatic carboxylic acids is 2. The normalized spacial score (nSPS) is 20.7. The third-order valence-corrected chi connectivity index (χ3v) is 10.0. The van der Waals surface area contributed by atoms with Gasteiger partial charge in [-0.3, -0.25) is 9.59 Å². The number of unbranched alkanes of at least 4 members (excludes halogenated alkanes) is 22. The Balaban J connectivity index is 2.49. The van der Waals surface area contributed by atoms with E-state index >= 15 is 0 Å². The molecule has 4 heteroatoms. The van der Waals surface area contributed by atoms with E-state index in [9.17, 15) is 19.8 Å². The first-order valence-electron chi connectivity index (χ1n) is 18.0. The van der Waals surface area contributed by atoms with E-state index in [0.29, 0.717) is 25.7 Å². The summed E-state index contributed by atoms with van der Waals surface area (Å²) in [5, 5.41) is 21.1. The van der Waals surface area contributed by atoms with E-state index < -0.39 is 22.8 Å². The van der Waals surface area contributed by atoms with Gasteiger partial charge in [-0.05, 0) is 32.6 Å². The lowest BCUT2D eigenvalue weighted by Crippen LogP contribution is -2.54. The predicted molar refractivity (Wildman–Crippen MR) is 175 cm³/mol. The molecule has 0 radical (unpaired) electrons. The molecule has 0 heterocycles. The minimum Gasteiger partial charge on any atom is -0.481 e. The molecule has 0 amide bonds. The first kappa shape index (κ1) is 37.7. The summed E-state index contributed by atoms with van der Waals surface area (Å²) in [6.45, 7) is 6.49. The van der Waals surface area contributed by atoms with Crippen LogP contribution in [0, 0.1) is 10.8 Å². The molecule has 0 aliphatic heterocycles. The molecule has 0 saturated carbocycles. The highest BCUT2D eigenvalue weighted by Crippen LogP contribution is 2.56. The average molecular weight is 577 g/mol. The number of rotatable bonds is 28. The molecular weight excluding hydrogens is 508 g/mol. The van der Waals surface area contributed by atoms with Gasteiger partial charge in [-0.2, -0.15) is 0 Å². The Kier molecular flexibility index (Phi) is 21.3. The third kappa shape index (κ3) is 14.1. The Bertz CT molecular complexity index is 714.